The second kappa shape index (κ2) is 6.06. The number of hydrogen-bond donors (Lipinski definition) is 1. The molecule has 1 atom stereocenters. The van der Waals surface area contributed by atoms with Gasteiger partial charge in [0.05, 0.1) is 25.2 Å². The van der Waals surface area contributed by atoms with Crippen molar-refractivity contribution in [3.05, 3.63) is 29.3 Å². The Morgan fingerprint density at radius 3 is 2.71 bits per heavy atom. The summed E-state index contributed by atoms with van der Waals surface area (Å²) in [7, 11) is -3.35. The molecule has 1 N–H and O–H groups in total. The van der Waals surface area contributed by atoms with Crippen molar-refractivity contribution in [2.45, 2.75) is 12.5 Å². The summed E-state index contributed by atoms with van der Waals surface area (Å²) in [4.78, 5) is 25.3. The van der Waals surface area contributed by atoms with E-state index in [-0.39, 0.29) is 19.1 Å². The average molecular weight is 354 g/mol. The molecular weight excluding hydrogens is 336 g/mol. The van der Waals surface area contributed by atoms with Crippen LogP contribution in [0.25, 0.3) is 0 Å². The summed E-state index contributed by atoms with van der Waals surface area (Å²) in [6.07, 6.45) is 1.67. The maximum atomic E-state index is 12.7. The highest BCUT2D eigenvalue weighted by atomic mass is 32.2. The van der Waals surface area contributed by atoms with Gasteiger partial charge in [-0.1, -0.05) is 0 Å². The van der Waals surface area contributed by atoms with Gasteiger partial charge in [-0.05, 0) is 30.2 Å². The molecule has 2 heterocycles. The third kappa shape index (κ3) is 2.96. The number of ether oxygens (including phenoxy) is 1. The smallest absolute Gasteiger partial charge is 0.328 e. The van der Waals surface area contributed by atoms with E-state index in [2.05, 4.69) is 0 Å². The minimum atomic E-state index is -3.35. The van der Waals surface area contributed by atoms with Crippen LogP contribution in [0, 0.1) is 0 Å². The van der Waals surface area contributed by atoms with E-state index in [9.17, 15) is 23.1 Å². The van der Waals surface area contributed by atoms with Gasteiger partial charge in [0.1, 0.15) is 0 Å². The molecule has 0 saturated carbocycles. The number of aliphatic carboxylic acids is 1. The number of amides is 1. The number of carboxylic acid groups (broad SMARTS) is 1. The standard InChI is InChI=1S/C15H18N2O6S/c1-24(21,22)17-5-4-10-8-11(2-3-12(10)17)14(18)16-6-7-23-9-13(16)15(19)20/h2-3,8,13H,4-7,9H2,1H3,(H,19,20). The zero-order valence-corrected chi connectivity index (χ0v) is 14.0. The molecule has 1 unspecified atom stereocenters. The third-order valence-corrected chi connectivity index (χ3v) is 5.43. The van der Waals surface area contributed by atoms with Crippen molar-refractivity contribution in [1.82, 2.24) is 4.90 Å². The molecule has 1 saturated heterocycles. The molecule has 1 amide bonds. The quantitative estimate of drug-likeness (QED) is 0.815. The molecule has 0 radical (unpaired) electrons. The maximum Gasteiger partial charge on any atom is 0.328 e. The van der Waals surface area contributed by atoms with E-state index in [4.69, 9.17) is 4.74 Å². The van der Waals surface area contributed by atoms with Crippen LogP contribution in [-0.2, 0) is 26.0 Å². The monoisotopic (exact) mass is 354 g/mol. The van der Waals surface area contributed by atoms with Gasteiger partial charge in [0.15, 0.2) is 6.04 Å². The summed E-state index contributed by atoms with van der Waals surface area (Å²) in [5, 5.41) is 9.24. The van der Waals surface area contributed by atoms with Gasteiger partial charge in [-0.15, -0.1) is 0 Å². The molecule has 0 aromatic heterocycles. The van der Waals surface area contributed by atoms with Gasteiger partial charge in [-0.3, -0.25) is 9.10 Å². The summed E-state index contributed by atoms with van der Waals surface area (Å²) < 4.78 is 30.0. The highest BCUT2D eigenvalue weighted by molar-refractivity contribution is 7.92. The lowest BCUT2D eigenvalue weighted by Crippen LogP contribution is -2.52. The van der Waals surface area contributed by atoms with Gasteiger partial charge in [0.2, 0.25) is 10.0 Å². The Morgan fingerprint density at radius 1 is 1.29 bits per heavy atom. The molecule has 2 aliphatic rings. The van der Waals surface area contributed by atoms with Crippen LogP contribution >= 0.6 is 0 Å². The molecule has 3 rings (SSSR count). The number of morpholine rings is 1. The number of sulfonamides is 1. The van der Waals surface area contributed by atoms with E-state index >= 15 is 0 Å². The summed E-state index contributed by atoms with van der Waals surface area (Å²) in [6, 6.07) is 3.79. The zero-order valence-electron chi connectivity index (χ0n) is 13.1. The first-order valence-electron chi connectivity index (χ1n) is 7.51. The highest BCUT2D eigenvalue weighted by Gasteiger charge is 2.34. The summed E-state index contributed by atoms with van der Waals surface area (Å²) in [5.41, 5.74) is 1.70. The average Bonchev–Trinajstić information content (AvgIpc) is 2.97. The molecule has 1 fully saturated rings. The van der Waals surface area contributed by atoms with Crippen molar-refractivity contribution in [2.75, 3.05) is 36.9 Å². The van der Waals surface area contributed by atoms with Crippen LogP contribution < -0.4 is 4.31 Å². The molecule has 9 heteroatoms. The Bertz CT molecular complexity index is 791. The number of carbonyl (C=O) groups is 2. The SMILES string of the molecule is CS(=O)(=O)N1CCc2cc(C(=O)N3CCOCC3C(=O)O)ccc21. The number of rotatable bonds is 3. The molecule has 0 bridgehead atoms. The van der Waals surface area contributed by atoms with Crippen molar-refractivity contribution >= 4 is 27.6 Å². The van der Waals surface area contributed by atoms with Gasteiger partial charge in [-0.25, -0.2) is 13.2 Å². The fourth-order valence-electron chi connectivity index (χ4n) is 3.07. The molecular formula is C15H18N2O6S. The lowest BCUT2D eigenvalue weighted by atomic mass is 10.1. The van der Waals surface area contributed by atoms with Crippen molar-refractivity contribution in [1.29, 1.82) is 0 Å². The number of carbonyl (C=O) groups excluding carboxylic acids is 1. The summed E-state index contributed by atoms with van der Waals surface area (Å²) >= 11 is 0. The van der Waals surface area contributed by atoms with Gasteiger partial charge in [-0.2, -0.15) is 0 Å². The Labute approximate surface area is 139 Å². The Balaban J connectivity index is 1.88. The number of anilines is 1. The van der Waals surface area contributed by atoms with Crippen molar-refractivity contribution in [3.63, 3.8) is 0 Å². The van der Waals surface area contributed by atoms with Crippen LogP contribution in [0.15, 0.2) is 18.2 Å². The largest absolute Gasteiger partial charge is 0.480 e. The lowest BCUT2D eigenvalue weighted by Gasteiger charge is -2.33. The molecule has 1 aromatic rings. The van der Waals surface area contributed by atoms with E-state index < -0.39 is 22.0 Å². The fraction of sp³-hybridized carbons (Fsp3) is 0.467. The first-order valence-corrected chi connectivity index (χ1v) is 9.36. The first-order chi connectivity index (χ1) is 11.3. The molecule has 24 heavy (non-hydrogen) atoms. The number of hydrogen-bond acceptors (Lipinski definition) is 5. The minimum absolute atomic E-state index is 0.0339. The second-order valence-electron chi connectivity index (χ2n) is 5.86. The van der Waals surface area contributed by atoms with Gasteiger partial charge >= 0.3 is 5.97 Å². The summed E-state index contributed by atoms with van der Waals surface area (Å²) in [5.74, 6) is -1.49. The number of fused-ring (bicyclic) bond motifs is 1. The topological polar surface area (TPSA) is 104 Å². The molecule has 8 nitrogen and oxygen atoms in total. The van der Waals surface area contributed by atoms with Crippen LogP contribution in [0.2, 0.25) is 0 Å². The Hall–Kier alpha value is -2.13. The van der Waals surface area contributed by atoms with Crippen molar-refractivity contribution < 1.29 is 27.9 Å². The van der Waals surface area contributed by atoms with Crippen LogP contribution in [0.5, 0.6) is 0 Å². The predicted molar refractivity (Wildman–Crippen MR) is 85.6 cm³/mol. The van der Waals surface area contributed by atoms with E-state index in [1.54, 1.807) is 18.2 Å². The number of benzene rings is 1. The Kier molecular flexibility index (Phi) is 4.22. The van der Waals surface area contributed by atoms with Crippen LogP contribution in [0.3, 0.4) is 0 Å². The first kappa shape index (κ1) is 16.7. The highest BCUT2D eigenvalue weighted by Crippen LogP contribution is 2.31. The van der Waals surface area contributed by atoms with Crippen LogP contribution in [-0.4, -0.2) is 68.9 Å². The maximum absolute atomic E-state index is 12.7. The van der Waals surface area contributed by atoms with Gasteiger partial charge in [0.25, 0.3) is 5.91 Å². The second-order valence-corrected chi connectivity index (χ2v) is 7.76. The Morgan fingerprint density at radius 2 is 2.04 bits per heavy atom. The van der Waals surface area contributed by atoms with Crippen molar-refractivity contribution in [2.24, 2.45) is 0 Å². The fourth-order valence-corrected chi connectivity index (χ4v) is 4.02. The summed E-state index contributed by atoms with van der Waals surface area (Å²) in [6.45, 7) is 0.819. The predicted octanol–water partition coefficient (Wildman–Crippen LogP) is -0.0657. The minimum Gasteiger partial charge on any atom is -0.480 e. The van der Waals surface area contributed by atoms with E-state index in [0.717, 1.165) is 11.8 Å². The van der Waals surface area contributed by atoms with Crippen LogP contribution in [0.4, 0.5) is 5.69 Å². The van der Waals surface area contributed by atoms with Gasteiger partial charge < -0.3 is 14.7 Å². The molecule has 0 spiro atoms. The van der Waals surface area contributed by atoms with Gasteiger partial charge in [0, 0.05) is 18.7 Å². The normalized spacial score (nSPS) is 20.8. The molecule has 2 aliphatic heterocycles. The van der Waals surface area contributed by atoms with E-state index in [1.807, 2.05) is 0 Å². The third-order valence-electron chi connectivity index (χ3n) is 4.25. The molecule has 0 aliphatic carbocycles. The molecule has 130 valence electrons. The van der Waals surface area contributed by atoms with Crippen LogP contribution in [0.1, 0.15) is 15.9 Å². The number of carboxylic acids is 1. The zero-order chi connectivity index (χ0) is 17.5. The van der Waals surface area contributed by atoms with E-state index in [1.165, 1.54) is 9.21 Å². The van der Waals surface area contributed by atoms with E-state index in [0.29, 0.717) is 30.8 Å². The van der Waals surface area contributed by atoms with Crippen molar-refractivity contribution in [3.8, 4) is 0 Å². The molecule has 1 aromatic carbocycles. The number of nitrogens with zero attached hydrogens (tertiary/aromatic N) is 2. The lowest BCUT2D eigenvalue weighted by molar-refractivity contribution is -0.147.